The lowest BCUT2D eigenvalue weighted by Crippen LogP contribution is -2.30. The van der Waals surface area contributed by atoms with Gasteiger partial charge in [-0.15, -0.1) is 0 Å². The highest BCUT2D eigenvalue weighted by Gasteiger charge is 2.19. The molecule has 3 rings (SSSR count). The molecule has 0 saturated heterocycles. The third kappa shape index (κ3) is 4.23. The summed E-state index contributed by atoms with van der Waals surface area (Å²) in [5, 5.41) is 3.36. The van der Waals surface area contributed by atoms with Crippen molar-refractivity contribution in [3.63, 3.8) is 0 Å². The molecule has 0 fully saturated rings. The van der Waals surface area contributed by atoms with Crippen LogP contribution in [-0.2, 0) is 19.5 Å². The Kier molecular flexibility index (Phi) is 5.44. The van der Waals surface area contributed by atoms with E-state index in [1.54, 1.807) is 7.11 Å². The fourth-order valence-corrected chi connectivity index (χ4v) is 3.58. The average molecular weight is 336 g/mol. The van der Waals surface area contributed by atoms with Gasteiger partial charge in [-0.25, -0.2) is 0 Å². The first-order chi connectivity index (χ1) is 12.1. The van der Waals surface area contributed by atoms with Crippen LogP contribution in [0, 0.1) is 0 Å². The molecule has 25 heavy (non-hydrogen) atoms. The quantitative estimate of drug-likeness (QED) is 0.844. The van der Waals surface area contributed by atoms with Gasteiger partial charge >= 0.3 is 0 Å². The molecular formula is C22H28N2O. The zero-order valence-electron chi connectivity index (χ0n) is 15.5. The van der Waals surface area contributed by atoms with Crippen molar-refractivity contribution in [1.82, 2.24) is 10.2 Å². The fraction of sp³-hybridized carbons (Fsp3) is 0.364. The Balaban J connectivity index is 1.64. The van der Waals surface area contributed by atoms with Crippen molar-refractivity contribution in [2.75, 3.05) is 13.7 Å². The zero-order chi connectivity index (χ0) is 17.8. The number of allylic oxidation sites excluding steroid dienone is 1. The van der Waals surface area contributed by atoms with E-state index in [0.29, 0.717) is 6.04 Å². The first-order valence-corrected chi connectivity index (χ1v) is 8.95. The van der Waals surface area contributed by atoms with Crippen molar-refractivity contribution in [3.05, 3.63) is 77.0 Å². The van der Waals surface area contributed by atoms with Gasteiger partial charge in [0.2, 0.25) is 0 Å². The van der Waals surface area contributed by atoms with Crippen LogP contribution in [0.3, 0.4) is 0 Å². The van der Waals surface area contributed by atoms with Gasteiger partial charge in [0, 0.05) is 31.4 Å². The SMILES string of the molecule is C=C(C)N[C@@H](C)c1ccc(CN2CCc3c(cccc3OC)C2)cc1. The van der Waals surface area contributed by atoms with E-state index in [1.807, 2.05) is 6.92 Å². The minimum Gasteiger partial charge on any atom is -0.496 e. The number of nitrogens with zero attached hydrogens (tertiary/aromatic N) is 1. The van der Waals surface area contributed by atoms with Crippen LogP contribution in [0.25, 0.3) is 0 Å². The molecule has 1 atom stereocenters. The highest BCUT2D eigenvalue weighted by atomic mass is 16.5. The molecule has 132 valence electrons. The first kappa shape index (κ1) is 17.6. The van der Waals surface area contributed by atoms with Crippen molar-refractivity contribution < 1.29 is 4.74 Å². The summed E-state index contributed by atoms with van der Waals surface area (Å²) >= 11 is 0. The molecule has 0 bridgehead atoms. The van der Waals surface area contributed by atoms with E-state index in [0.717, 1.165) is 37.5 Å². The van der Waals surface area contributed by atoms with Crippen LogP contribution in [0.4, 0.5) is 0 Å². The van der Waals surface area contributed by atoms with Crippen LogP contribution in [-0.4, -0.2) is 18.6 Å². The number of hydrogen-bond acceptors (Lipinski definition) is 3. The highest BCUT2D eigenvalue weighted by Crippen LogP contribution is 2.28. The molecule has 3 heteroatoms. The van der Waals surface area contributed by atoms with Gasteiger partial charge in [-0.3, -0.25) is 4.90 Å². The summed E-state index contributed by atoms with van der Waals surface area (Å²) in [6.45, 7) is 11.1. The number of fused-ring (bicyclic) bond motifs is 1. The maximum absolute atomic E-state index is 5.50. The van der Waals surface area contributed by atoms with Crippen LogP contribution < -0.4 is 10.1 Å². The van der Waals surface area contributed by atoms with Crippen LogP contribution >= 0.6 is 0 Å². The van der Waals surface area contributed by atoms with Crippen molar-refractivity contribution >= 4 is 0 Å². The Morgan fingerprint density at radius 1 is 1.24 bits per heavy atom. The summed E-state index contributed by atoms with van der Waals surface area (Å²) in [7, 11) is 1.76. The van der Waals surface area contributed by atoms with E-state index in [1.165, 1.54) is 22.3 Å². The molecule has 0 unspecified atom stereocenters. The number of ether oxygens (including phenoxy) is 1. The molecule has 1 heterocycles. The number of hydrogen-bond donors (Lipinski definition) is 1. The highest BCUT2D eigenvalue weighted by molar-refractivity contribution is 5.41. The topological polar surface area (TPSA) is 24.5 Å². The van der Waals surface area contributed by atoms with E-state index in [-0.39, 0.29) is 0 Å². The van der Waals surface area contributed by atoms with Crippen LogP contribution in [0.5, 0.6) is 5.75 Å². The molecule has 0 aliphatic carbocycles. The van der Waals surface area contributed by atoms with Gasteiger partial charge in [0.1, 0.15) is 5.75 Å². The molecule has 1 N–H and O–H groups in total. The molecule has 0 saturated carbocycles. The smallest absolute Gasteiger partial charge is 0.122 e. The van der Waals surface area contributed by atoms with Crippen LogP contribution in [0.15, 0.2) is 54.7 Å². The Morgan fingerprint density at radius 3 is 2.68 bits per heavy atom. The lowest BCUT2D eigenvalue weighted by Gasteiger charge is -2.29. The molecule has 1 aliphatic heterocycles. The zero-order valence-corrected chi connectivity index (χ0v) is 15.5. The Hall–Kier alpha value is -2.26. The Morgan fingerprint density at radius 2 is 2.00 bits per heavy atom. The lowest BCUT2D eigenvalue weighted by molar-refractivity contribution is 0.242. The van der Waals surface area contributed by atoms with Crippen molar-refractivity contribution in [2.24, 2.45) is 0 Å². The summed E-state index contributed by atoms with van der Waals surface area (Å²) in [4.78, 5) is 2.51. The molecule has 1 aliphatic rings. The van der Waals surface area contributed by atoms with Gasteiger partial charge in [-0.05, 0) is 48.6 Å². The van der Waals surface area contributed by atoms with E-state index in [2.05, 4.69) is 66.2 Å². The van der Waals surface area contributed by atoms with Crippen molar-refractivity contribution in [2.45, 2.75) is 39.4 Å². The maximum Gasteiger partial charge on any atom is 0.122 e. The molecule has 0 amide bonds. The minimum atomic E-state index is 0.292. The first-order valence-electron chi connectivity index (χ1n) is 8.95. The predicted octanol–water partition coefficient (Wildman–Crippen LogP) is 4.44. The third-order valence-corrected chi connectivity index (χ3v) is 4.87. The fourth-order valence-electron chi connectivity index (χ4n) is 3.58. The van der Waals surface area contributed by atoms with E-state index < -0.39 is 0 Å². The average Bonchev–Trinajstić information content (AvgIpc) is 2.61. The Labute approximate surface area is 151 Å². The number of rotatable bonds is 6. The Bertz CT molecular complexity index is 736. The predicted molar refractivity (Wildman–Crippen MR) is 104 cm³/mol. The number of nitrogens with one attached hydrogen (secondary N) is 1. The van der Waals surface area contributed by atoms with Gasteiger partial charge in [0.15, 0.2) is 0 Å². The van der Waals surface area contributed by atoms with E-state index >= 15 is 0 Å². The summed E-state index contributed by atoms with van der Waals surface area (Å²) in [5.74, 6) is 1.03. The second-order valence-electron chi connectivity index (χ2n) is 6.95. The molecule has 0 spiro atoms. The standard InChI is InChI=1S/C22H28N2O/c1-16(2)23-17(3)19-10-8-18(9-11-19)14-24-13-12-21-20(15-24)6-5-7-22(21)25-4/h5-11,17,23H,1,12-15H2,2-4H3/t17-/m0/s1. The number of methoxy groups -OCH3 is 1. The summed E-state index contributed by atoms with van der Waals surface area (Å²) in [6.07, 6.45) is 1.05. The number of benzene rings is 2. The summed E-state index contributed by atoms with van der Waals surface area (Å²) < 4.78 is 5.50. The molecule has 2 aromatic rings. The largest absolute Gasteiger partial charge is 0.496 e. The molecular weight excluding hydrogens is 308 g/mol. The summed E-state index contributed by atoms with van der Waals surface area (Å²) in [6, 6.07) is 15.6. The second-order valence-corrected chi connectivity index (χ2v) is 6.95. The van der Waals surface area contributed by atoms with Gasteiger partial charge in [0.05, 0.1) is 7.11 Å². The second kappa shape index (κ2) is 7.75. The van der Waals surface area contributed by atoms with E-state index in [4.69, 9.17) is 4.74 Å². The molecule has 0 radical (unpaired) electrons. The van der Waals surface area contributed by atoms with Gasteiger partial charge < -0.3 is 10.1 Å². The van der Waals surface area contributed by atoms with Crippen molar-refractivity contribution in [3.8, 4) is 5.75 Å². The van der Waals surface area contributed by atoms with E-state index in [9.17, 15) is 0 Å². The normalized spacial score (nSPS) is 15.3. The van der Waals surface area contributed by atoms with Crippen molar-refractivity contribution in [1.29, 1.82) is 0 Å². The lowest BCUT2D eigenvalue weighted by atomic mass is 9.98. The van der Waals surface area contributed by atoms with Gasteiger partial charge in [-0.1, -0.05) is 43.0 Å². The third-order valence-electron chi connectivity index (χ3n) is 4.87. The van der Waals surface area contributed by atoms with Crippen LogP contribution in [0.2, 0.25) is 0 Å². The summed E-state index contributed by atoms with van der Waals surface area (Å²) in [5.41, 5.74) is 6.41. The minimum absolute atomic E-state index is 0.292. The molecule has 3 nitrogen and oxygen atoms in total. The van der Waals surface area contributed by atoms with Gasteiger partial charge in [0.25, 0.3) is 0 Å². The maximum atomic E-state index is 5.50. The molecule has 2 aromatic carbocycles. The molecule has 0 aromatic heterocycles. The van der Waals surface area contributed by atoms with Gasteiger partial charge in [-0.2, -0.15) is 0 Å². The monoisotopic (exact) mass is 336 g/mol. The van der Waals surface area contributed by atoms with Crippen LogP contribution in [0.1, 0.15) is 42.1 Å².